The van der Waals surface area contributed by atoms with Crippen LogP contribution in [0.4, 0.5) is 0 Å². The third kappa shape index (κ3) is 0.452. The van der Waals surface area contributed by atoms with Gasteiger partial charge in [0.05, 0.1) is 0 Å². The van der Waals surface area contributed by atoms with E-state index in [1.807, 2.05) is 0 Å². The average Bonchev–Trinajstić information content (AvgIpc) is 2.24. The molecule has 0 heterocycles. The van der Waals surface area contributed by atoms with Crippen molar-refractivity contribution in [2.24, 2.45) is 11.3 Å². The Kier molecular flexibility index (Phi) is 0.703. The molecule has 1 unspecified atom stereocenters. The molecular formula is C9H10. The van der Waals surface area contributed by atoms with E-state index in [1.165, 1.54) is 12.0 Å². The largest absolute Gasteiger partial charge is 0.0936 e. The molecule has 1 atom stereocenters. The zero-order valence-corrected chi connectivity index (χ0v) is 5.86. The van der Waals surface area contributed by atoms with Gasteiger partial charge in [0.1, 0.15) is 0 Å². The molecule has 0 aromatic rings. The molecule has 0 nitrogen and oxygen atoms in total. The van der Waals surface area contributed by atoms with Crippen LogP contribution in [0.5, 0.6) is 0 Å². The van der Waals surface area contributed by atoms with Gasteiger partial charge in [0, 0.05) is 16.9 Å². The van der Waals surface area contributed by atoms with Gasteiger partial charge in [-0.15, -0.1) is 0 Å². The molecule has 0 radical (unpaired) electrons. The van der Waals surface area contributed by atoms with Gasteiger partial charge in [-0.2, -0.15) is 0 Å². The maximum atomic E-state index is 3.23. The molecule has 46 valence electrons. The second kappa shape index (κ2) is 1.24. The first-order valence-corrected chi connectivity index (χ1v) is 3.43. The summed E-state index contributed by atoms with van der Waals surface area (Å²) in [6.07, 6.45) is 3.47. The fourth-order valence-corrected chi connectivity index (χ4v) is 1.60. The molecule has 0 saturated carbocycles. The molecule has 2 aliphatic rings. The molecule has 0 N–H and O–H groups in total. The van der Waals surface area contributed by atoms with Gasteiger partial charge in [-0.1, -0.05) is 31.8 Å². The predicted molar refractivity (Wildman–Crippen MR) is 37.7 cm³/mol. The van der Waals surface area contributed by atoms with Crippen LogP contribution in [0, 0.1) is 23.2 Å². The van der Waals surface area contributed by atoms with E-state index in [0.717, 1.165) is 0 Å². The van der Waals surface area contributed by atoms with Crippen molar-refractivity contribution in [2.45, 2.75) is 20.3 Å². The maximum absolute atomic E-state index is 3.23. The Morgan fingerprint density at radius 1 is 1.67 bits per heavy atom. The Hall–Kier alpha value is -0.700. The molecule has 0 amide bonds. The van der Waals surface area contributed by atoms with Gasteiger partial charge in [0.25, 0.3) is 0 Å². The number of allylic oxidation sites excluding steroid dienone is 2. The van der Waals surface area contributed by atoms with Crippen LogP contribution in [0.15, 0.2) is 11.6 Å². The van der Waals surface area contributed by atoms with E-state index in [9.17, 15) is 0 Å². The molecule has 0 heteroatoms. The maximum Gasteiger partial charge on any atom is 0.0339 e. The van der Waals surface area contributed by atoms with E-state index in [-0.39, 0.29) is 0 Å². The highest BCUT2D eigenvalue weighted by Gasteiger charge is 2.38. The molecule has 0 aliphatic heterocycles. The fraction of sp³-hybridized carbons (Fsp3) is 0.556. The SMILES string of the molecule is CC1(C)C2=CCC1C#C2. The van der Waals surface area contributed by atoms with E-state index < -0.39 is 0 Å². The van der Waals surface area contributed by atoms with Crippen LogP contribution in [0.3, 0.4) is 0 Å². The van der Waals surface area contributed by atoms with E-state index >= 15 is 0 Å². The molecule has 2 bridgehead atoms. The van der Waals surface area contributed by atoms with Crippen LogP contribution in [0.25, 0.3) is 0 Å². The Balaban J connectivity index is 2.51. The number of fused-ring (bicyclic) bond motifs is 2. The third-order valence-electron chi connectivity index (χ3n) is 2.50. The van der Waals surface area contributed by atoms with Gasteiger partial charge < -0.3 is 0 Å². The molecule has 0 aromatic heterocycles. The van der Waals surface area contributed by atoms with Crippen molar-refractivity contribution in [2.75, 3.05) is 0 Å². The predicted octanol–water partition coefficient (Wildman–Crippen LogP) is 1.98. The third-order valence-corrected chi connectivity index (χ3v) is 2.50. The lowest BCUT2D eigenvalue weighted by Crippen LogP contribution is -2.14. The molecule has 9 heavy (non-hydrogen) atoms. The summed E-state index contributed by atoms with van der Waals surface area (Å²) < 4.78 is 0. The highest BCUT2D eigenvalue weighted by molar-refractivity contribution is 5.47. The average molecular weight is 118 g/mol. The smallest absolute Gasteiger partial charge is 0.0339 e. The highest BCUT2D eigenvalue weighted by Crippen LogP contribution is 2.45. The summed E-state index contributed by atoms with van der Waals surface area (Å²) >= 11 is 0. The van der Waals surface area contributed by atoms with Gasteiger partial charge in [-0.3, -0.25) is 0 Å². The standard InChI is InChI=1S/C9H10/c1-9(2)7-3-4-8(9)6-5-7/h3,8H,4H2,1-2H3. The van der Waals surface area contributed by atoms with Crippen molar-refractivity contribution < 1.29 is 0 Å². The summed E-state index contributed by atoms with van der Waals surface area (Å²) in [6.45, 7) is 4.53. The van der Waals surface area contributed by atoms with Gasteiger partial charge in [-0.05, 0) is 6.42 Å². The van der Waals surface area contributed by atoms with Crippen molar-refractivity contribution >= 4 is 0 Å². The minimum atomic E-state index is 0.361. The second-order valence-electron chi connectivity index (χ2n) is 3.40. The Morgan fingerprint density at radius 3 is 2.56 bits per heavy atom. The quantitative estimate of drug-likeness (QED) is 0.427. The molecule has 2 rings (SSSR count). The highest BCUT2D eigenvalue weighted by atomic mass is 14.4. The molecule has 2 aliphatic carbocycles. The summed E-state index contributed by atoms with van der Waals surface area (Å²) in [5, 5.41) is 0. The minimum Gasteiger partial charge on any atom is -0.0936 e. The van der Waals surface area contributed by atoms with E-state index in [4.69, 9.17) is 0 Å². The van der Waals surface area contributed by atoms with Gasteiger partial charge in [-0.25, -0.2) is 0 Å². The number of hydrogen-bond donors (Lipinski definition) is 0. The lowest BCUT2D eigenvalue weighted by Gasteiger charge is -2.19. The minimum absolute atomic E-state index is 0.361. The summed E-state index contributed by atoms with van der Waals surface area (Å²) in [6, 6.07) is 0. The first kappa shape index (κ1) is 5.11. The normalized spacial score (nSPS) is 33.6. The van der Waals surface area contributed by atoms with Crippen LogP contribution in [-0.2, 0) is 0 Å². The molecule has 0 spiro atoms. The lowest BCUT2D eigenvalue weighted by molar-refractivity contribution is 0.382. The van der Waals surface area contributed by atoms with Crippen LogP contribution in [-0.4, -0.2) is 0 Å². The van der Waals surface area contributed by atoms with Crippen molar-refractivity contribution in [3.8, 4) is 11.8 Å². The summed E-state index contributed by atoms with van der Waals surface area (Å²) in [5.41, 5.74) is 1.73. The Labute approximate surface area is 56.0 Å². The topological polar surface area (TPSA) is 0 Å². The Bertz CT molecular complexity index is 232. The van der Waals surface area contributed by atoms with Crippen LogP contribution >= 0.6 is 0 Å². The summed E-state index contributed by atoms with van der Waals surface area (Å²) in [4.78, 5) is 0. The van der Waals surface area contributed by atoms with Gasteiger partial charge in [0.2, 0.25) is 0 Å². The van der Waals surface area contributed by atoms with Crippen LogP contribution in [0.1, 0.15) is 20.3 Å². The van der Waals surface area contributed by atoms with E-state index in [0.29, 0.717) is 11.3 Å². The van der Waals surface area contributed by atoms with Crippen molar-refractivity contribution in [1.82, 2.24) is 0 Å². The first-order chi connectivity index (χ1) is 4.21. The lowest BCUT2D eigenvalue weighted by atomic mass is 9.82. The van der Waals surface area contributed by atoms with Gasteiger partial charge in [0.15, 0.2) is 0 Å². The van der Waals surface area contributed by atoms with Crippen molar-refractivity contribution in [1.29, 1.82) is 0 Å². The van der Waals surface area contributed by atoms with Gasteiger partial charge >= 0.3 is 0 Å². The number of hydrogen-bond acceptors (Lipinski definition) is 0. The summed E-state index contributed by atoms with van der Waals surface area (Å²) in [7, 11) is 0. The van der Waals surface area contributed by atoms with Crippen LogP contribution in [0.2, 0.25) is 0 Å². The monoisotopic (exact) mass is 118 g/mol. The molecule has 0 fully saturated rings. The first-order valence-electron chi connectivity index (χ1n) is 3.43. The zero-order valence-electron chi connectivity index (χ0n) is 5.86. The van der Waals surface area contributed by atoms with Crippen molar-refractivity contribution in [3.05, 3.63) is 11.6 Å². The molecular weight excluding hydrogens is 108 g/mol. The van der Waals surface area contributed by atoms with Crippen LogP contribution < -0.4 is 0 Å². The van der Waals surface area contributed by atoms with E-state index in [1.54, 1.807) is 0 Å². The van der Waals surface area contributed by atoms with E-state index in [2.05, 4.69) is 31.8 Å². The Morgan fingerprint density at radius 2 is 2.44 bits per heavy atom. The fourth-order valence-electron chi connectivity index (χ4n) is 1.60. The number of rotatable bonds is 0. The summed E-state index contributed by atoms with van der Waals surface area (Å²) in [5.74, 6) is 7.02. The zero-order chi connectivity index (χ0) is 6.48. The molecule has 0 aromatic carbocycles. The second-order valence-corrected chi connectivity index (χ2v) is 3.40. The van der Waals surface area contributed by atoms with Crippen molar-refractivity contribution in [3.63, 3.8) is 0 Å². The molecule has 0 saturated heterocycles.